The lowest BCUT2D eigenvalue weighted by Crippen LogP contribution is -2.48. The Balaban J connectivity index is 1.45. The van der Waals surface area contributed by atoms with E-state index in [4.69, 9.17) is 21.9 Å². The van der Waals surface area contributed by atoms with Crippen LogP contribution in [0.1, 0.15) is 56.1 Å². The number of carbonyl (C=O) groups excluding carboxylic acids is 2. The molecule has 202 valence electrons. The van der Waals surface area contributed by atoms with Crippen LogP contribution < -0.4 is 27.0 Å². The lowest BCUT2D eigenvalue weighted by Gasteiger charge is -2.44. The average molecular weight is 519 g/mol. The van der Waals surface area contributed by atoms with Gasteiger partial charge in [-0.2, -0.15) is 0 Å². The fourth-order valence-electron chi connectivity index (χ4n) is 5.60. The SMILES string of the molecule is C[C@H]1CCc2c(N3CCC(OC(=O)[C@H](N)CCCN=C(N)N)CC3)c(F)cc3c2N1CC(=O)C3C(=O)O. The van der Waals surface area contributed by atoms with Gasteiger partial charge in [-0.3, -0.25) is 19.4 Å². The monoisotopic (exact) mass is 518 g/mol. The third kappa shape index (κ3) is 5.48. The number of ether oxygens (including phenoxy) is 1. The topological polar surface area (TPSA) is 178 Å². The van der Waals surface area contributed by atoms with E-state index in [1.54, 1.807) is 0 Å². The molecule has 4 rings (SSSR count). The lowest BCUT2D eigenvalue weighted by atomic mass is 9.81. The molecule has 1 aromatic carbocycles. The summed E-state index contributed by atoms with van der Waals surface area (Å²) in [6.07, 6.45) is 2.98. The minimum Gasteiger partial charge on any atom is -0.480 e. The van der Waals surface area contributed by atoms with Crippen molar-refractivity contribution < 1.29 is 28.6 Å². The third-order valence-corrected chi connectivity index (χ3v) is 7.50. The van der Waals surface area contributed by atoms with Crippen LogP contribution in [0.15, 0.2) is 11.1 Å². The molecular weight excluding hydrogens is 483 g/mol. The highest BCUT2D eigenvalue weighted by Crippen LogP contribution is 2.47. The van der Waals surface area contributed by atoms with Gasteiger partial charge in [0.15, 0.2) is 11.7 Å². The van der Waals surface area contributed by atoms with Crippen LogP contribution in [0.25, 0.3) is 0 Å². The van der Waals surface area contributed by atoms with Gasteiger partial charge in [0.25, 0.3) is 0 Å². The summed E-state index contributed by atoms with van der Waals surface area (Å²) in [5.74, 6) is -4.05. The summed E-state index contributed by atoms with van der Waals surface area (Å²) in [4.78, 5) is 44.6. The van der Waals surface area contributed by atoms with E-state index in [9.17, 15) is 19.5 Å². The zero-order valence-electron chi connectivity index (χ0n) is 21.0. The predicted octanol–water partition coefficient (Wildman–Crippen LogP) is 0.611. The highest BCUT2D eigenvalue weighted by molar-refractivity contribution is 6.09. The largest absolute Gasteiger partial charge is 0.480 e. The van der Waals surface area contributed by atoms with Crippen LogP contribution in [0.4, 0.5) is 15.8 Å². The van der Waals surface area contributed by atoms with Gasteiger partial charge in [0.05, 0.1) is 12.2 Å². The van der Waals surface area contributed by atoms with E-state index >= 15 is 4.39 Å². The van der Waals surface area contributed by atoms with Gasteiger partial charge in [-0.1, -0.05) is 0 Å². The number of anilines is 2. The number of piperidine rings is 1. The molecule has 1 fully saturated rings. The Morgan fingerprint density at radius 3 is 2.59 bits per heavy atom. The number of Topliss-reactive ketones (excluding diaryl/α,β-unsaturated/α-hetero) is 1. The van der Waals surface area contributed by atoms with Gasteiger partial charge in [0.1, 0.15) is 23.9 Å². The second kappa shape index (κ2) is 10.9. The smallest absolute Gasteiger partial charge is 0.323 e. The summed E-state index contributed by atoms with van der Waals surface area (Å²) in [5.41, 5.74) is 18.7. The highest BCUT2D eigenvalue weighted by atomic mass is 19.1. The van der Waals surface area contributed by atoms with E-state index in [0.717, 1.165) is 12.0 Å². The van der Waals surface area contributed by atoms with Crippen LogP contribution in [0, 0.1) is 5.82 Å². The molecule has 3 heterocycles. The number of esters is 1. The number of carboxylic acids is 1. The molecule has 0 spiro atoms. The Morgan fingerprint density at radius 2 is 1.95 bits per heavy atom. The fourth-order valence-corrected chi connectivity index (χ4v) is 5.60. The molecule has 3 aliphatic heterocycles. The Bertz CT molecular complexity index is 1100. The molecule has 11 nitrogen and oxygen atoms in total. The molecule has 0 saturated carbocycles. The van der Waals surface area contributed by atoms with Gasteiger partial charge >= 0.3 is 11.9 Å². The normalized spacial score (nSPS) is 22.3. The summed E-state index contributed by atoms with van der Waals surface area (Å²) in [6, 6.07) is 0.507. The molecule has 3 atom stereocenters. The van der Waals surface area contributed by atoms with Crippen LogP contribution in [0.2, 0.25) is 0 Å². The Labute approximate surface area is 214 Å². The molecular formula is C25H35FN6O5. The Morgan fingerprint density at radius 1 is 1.24 bits per heavy atom. The number of carboxylic acid groups (broad SMARTS) is 1. The van der Waals surface area contributed by atoms with Gasteiger partial charge in [0.2, 0.25) is 0 Å². The molecule has 0 bridgehead atoms. The first-order chi connectivity index (χ1) is 17.6. The summed E-state index contributed by atoms with van der Waals surface area (Å²) in [6.45, 7) is 3.32. The van der Waals surface area contributed by atoms with Crippen molar-refractivity contribution >= 4 is 35.1 Å². The quantitative estimate of drug-likeness (QED) is 0.125. The van der Waals surface area contributed by atoms with E-state index in [1.807, 2.05) is 16.7 Å². The molecule has 12 heteroatoms. The number of benzene rings is 1. The Hall–Kier alpha value is -3.41. The molecule has 1 aromatic rings. The highest BCUT2D eigenvalue weighted by Gasteiger charge is 2.43. The van der Waals surface area contributed by atoms with E-state index in [0.29, 0.717) is 63.1 Å². The van der Waals surface area contributed by atoms with Crippen molar-refractivity contribution in [1.29, 1.82) is 0 Å². The minimum atomic E-state index is -1.35. The number of halogens is 1. The molecule has 0 aliphatic carbocycles. The standard InChI is InChI=1S/C25H35FN6O5/c1-13-4-5-15-21-16(20(23(34)35)19(33)12-32(13)21)11-17(26)22(15)31-9-6-14(7-10-31)37-24(36)18(27)3-2-8-30-25(28)29/h11,13-14,18,20H,2-10,12,27H2,1H3,(H,34,35)(H4,28,29,30)/t13-,18+,20?/m0/s1. The van der Waals surface area contributed by atoms with Gasteiger partial charge in [-0.25, -0.2) is 4.39 Å². The van der Waals surface area contributed by atoms with Crippen LogP contribution in [-0.4, -0.2) is 73.2 Å². The molecule has 1 saturated heterocycles. The molecule has 37 heavy (non-hydrogen) atoms. The number of guanidine groups is 1. The maximum Gasteiger partial charge on any atom is 0.323 e. The van der Waals surface area contributed by atoms with E-state index in [2.05, 4.69) is 4.99 Å². The zero-order valence-corrected chi connectivity index (χ0v) is 21.0. The summed E-state index contributed by atoms with van der Waals surface area (Å²) < 4.78 is 21.1. The molecule has 0 radical (unpaired) electrons. The second-order valence-corrected chi connectivity index (χ2v) is 10.1. The van der Waals surface area contributed by atoms with Crippen LogP contribution >= 0.6 is 0 Å². The van der Waals surface area contributed by atoms with Gasteiger partial charge in [0, 0.05) is 55.3 Å². The number of ketones is 1. The van der Waals surface area contributed by atoms with Crippen molar-refractivity contribution in [3.63, 3.8) is 0 Å². The van der Waals surface area contributed by atoms with Gasteiger partial charge < -0.3 is 36.8 Å². The molecule has 0 amide bonds. The van der Waals surface area contributed by atoms with Crippen molar-refractivity contribution in [2.75, 3.05) is 36.0 Å². The van der Waals surface area contributed by atoms with Crippen molar-refractivity contribution in [3.05, 3.63) is 23.0 Å². The maximum atomic E-state index is 15.5. The van der Waals surface area contributed by atoms with Gasteiger partial charge in [-0.15, -0.1) is 0 Å². The Kier molecular flexibility index (Phi) is 7.86. The number of aliphatic imine (C=N–C) groups is 1. The molecule has 1 unspecified atom stereocenters. The van der Waals surface area contributed by atoms with Crippen LogP contribution in [0.3, 0.4) is 0 Å². The fraction of sp³-hybridized carbons (Fsp3) is 0.600. The summed E-state index contributed by atoms with van der Waals surface area (Å²) in [5, 5.41) is 9.68. The average Bonchev–Trinajstić information content (AvgIpc) is 2.83. The van der Waals surface area contributed by atoms with Crippen LogP contribution in [0.5, 0.6) is 0 Å². The zero-order chi connectivity index (χ0) is 26.9. The van der Waals surface area contributed by atoms with Crippen molar-refractivity contribution in [3.8, 4) is 0 Å². The number of aliphatic carboxylic acids is 1. The number of hydrogen-bond acceptors (Lipinski definition) is 8. The predicted molar refractivity (Wildman–Crippen MR) is 136 cm³/mol. The molecule has 0 aromatic heterocycles. The van der Waals surface area contributed by atoms with Gasteiger partial charge in [-0.05, 0) is 38.7 Å². The third-order valence-electron chi connectivity index (χ3n) is 7.50. The molecule has 3 aliphatic rings. The summed E-state index contributed by atoms with van der Waals surface area (Å²) >= 11 is 0. The minimum absolute atomic E-state index is 0.00738. The van der Waals surface area contributed by atoms with Crippen LogP contribution in [-0.2, 0) is 25.5 Å². The number of rotatable bonds is 8. The van der Waals surface area contributed by atoms with Crippen molar-refractivity contribution in [1.82, 2.24) is 0 Å². The van der Waals surface area contributed by atoms with E-state index in [1.165, 1.54) is 6.07 Å². The number of nitrogens with zero attached hydrogens (tertiary/aromatic N) is 3. The first-order valence-electron chi connectivity index (χ1n) is 12.7. The maximum absolute atomic E-state index is 15.5. The number of carbonyl (C=O) groups is 3. The lowest BCUT2D eigenvalue weighted by molar-refractivity contribution is -0.151. The number of nitrogens with two attached hydrogens (primary N) is 3. The second-order valence-electron chi connectivity index (χ2n) is 10.1. The first kappa shape index (κ1) is 26.6. The number of hydrogen-bond donors (Lipinski definition) is 4. The van der Waals surface area contributed by atoms with Crippen molar-refractivity contribution in [2.24, 2.45) is 22.2 Å². The molecule has 7 N–H and O–H groups in total. The van der Waals surface area contributed by atoms with E-state index < -0.39 is 35.5 Å². The first-order valence-corrected chi connectivity index (χ1v) is 12.7. The van der Waals surface area contributed by atoms with E-state index in [-0.39, 0.29) is 30.2 Å². The van der Waals surface area contributed by atoms with Crippen molar-refractivity contribution in [2.45, 2.75) is 69.6 Å². The summed E-state index contributed by atoms with van der Waals surface area (Å²) in [7, 11) is 0.